The van der Waals surface area contributed by atoms with Crippen LogP contribution in [0.15, 0.2) is 58.3 Å². The summed E-state index contributed by atoms with van der Waals surface area (Å²) in [4.78, 5) is 14.0. The zero-order valence-electron chi connectivity index (χ0n) is 11.5. The van der Waals surface area contributed by atoms with E-state index in [-0.39, 0.29) is 5.91 Å². The zero-order chi connectivity index (χ0) is 15.1. The molecule has 2 rings (SSSR count). The maximum Gasteiger partial charge on any atom is 0.234 e. The summed E-state index contributed by atoms with van der Waals surface area (Å²) >= 11 is 3.09. The fourth-order valence-electron chi connectivity index (χ4n) is 1.67. The fourth-order valence-corrected chi connectivity index (χ4v) is 2.83. The summed E-state index contributed by atoms with van der Waals surface area (Å²) in [5.74, 6) is 0.303. The van der Waals surface area contributed by atoms with Crippen molar-refractivity contribution in [2.75, 3.05) is 17.3 Å². The molecule has 0 aliphatic carbocycles. The Labute approximate surface area is 132 Å². The average Bonchev–Trinajstić information content (AvgIpc) is 2.53. The van der Waals surface area contributed by atoms with Crippen LogP contribution in [0.1, 0.15) is 5.56 Å². The van der Waals surface area contributed by atoms with E-state index in [4.69, 9.17) is 5.26 Å². The van der Waals surface area contributed by atoms with Gasteiger partial charge in [-0.2, -0.15) is 5.26 Å². The van der Waals surface area contributed by atoms with E-state index >= 15 is 0 Å². The van der Waals surface area contributed by atoms with Gasteiger partial charge < -0.3 is 5.32 Å². The number of nitriles is 1. The largest absolute Gasteiger partial charge is 0.325 e. The fraction of sp³-hybridized carbons (Fsp3) is 0.125. The lowest BCUT2D eigenvalue weighted by Gasteiger charge is -2.06. The molecule has 1 amide bonds. The first-order valence-electron chi connectivity index (χ1n) is 6.28. The van der Waals surface area contributed by atoms with E-state index in [0.29, 0.717) is 11.3 Å². The normalized spacial score (nSPS) is 9.90. The number of amides is 1. The molecule has 0 aliphatic heterocycles. The van der Waals surface area contributed by atoms with Crippen molar-refractivity contribution in [3.8, 4) is 6.07 Å². The molecule has 0 fully saturated rings. The Morgan fingerprint density at radius 3 is 2.62 bits per heavy atom. The smallest absolute Gasteiger partial charge is 0.234 e. The molecule has 0 unspecified atom stereocenters. The summed E-state index contributed by atoms with van der Waals surface area (Å²) in [6.07, 6.45) is 2.00. The number of rotatable bonds is 5. The van der Waals surface area contributed by atoms with Gasteiger partial charge in [0.2, 0.25) is 5.91 Å². The molecule has 0 saturated carbocycles. The number of benzene rings is 2. The Bertz CT molecular complexity index is 663. The highest BCUT2D eigenvalue weighted by Gasteiger charge is 2.04. The van der Waals surface area contributed by atoms with Crippen molar-refractivity contribution >= 4 is 35.1 Å². The number of hydrogen-bond acceptors (Lipinski definition) is 4. The number of carbonyl (C=O) groups is 1. The summed E-state index contributed by atoms with van der Waals surface area (Å²) in [6, 6.07) is 17.0. The lowest BCUT2D eigenvalue weighted by Crippen LogP contribution is -2.13. The van der Waals surface area contributed by atoms with Crippen LogP contribution >= 0.6 is 23.5 Å². The molecule has 2 aromatic carbocycles. The van der Waals surface area contributed by atoms with Crippen molar-refractivity contribution in [2.24, 2.45) is 0 Å². The number of nitrogens with one attached hydrogen (secondary N) is 1. The van der Waals surface area contributed by atoms with Crippen molar-refractivity contribution in [1.82, 2.24) is 0 Å². The molecule has 0 bridgehead atoms. The number of hydrogen-bond donors (Lipinski definition) is 1. The second-order valence-electron chi connectivity index (χ2n) is 4.20. The van der Waals surface area contributed by atoms with Crippen molar-refractivity contribution < 1.29 is 4.79 Å². The maximum atomic E-state index is 11.9. The number of anilines is 1. The van der Waals surface area contributed by atoms with Crippen LogP contribution in [0.3, 0.4) is 0 Å². The van der Waals surface area contributed by atoms with E-state index in [0.717, 1.165) is 15.5 Å². The van der Waals surface area contributed by atoms with Gasteiger partial charge in [-0.05, 0) is 48.7 Å². The number of thioether (sulfide) groups is 2. The predicted molar refractivity (Wildman–Crippen MR) is 88.7 cm³/mol. The Hall–Kier alpha value is -1.90. The molecule has 106 valence electrons. The topological polar surface area (TPSA) is 52.9 Å². The van der Waals surface area contributed by atoms with Crippen molar-refractivity contribution in [3.63, 3.8) is 0 Å². The molecule has 0 aromatic heterocycles. The first-order valence-corrected chi connectivity index (χ1v) is 8.49. The molecule has 0 saturated heterocycles. The monoisotopic (exact) mass is 314 g/mol. The van der Waals surface area contributed by atoms with E-state index in [1.165, 1.54) is 11.8 Å². The molecule has 0 aliphatic rings. The van der Waals surface area contributed by atoms with Gasteiger partial charge in [-0.1, -0.05) is 6.07 Å². The van der Waals surface area contributed by atoms with Gasteiger partial charge in [0.15, 0.2) is 0 Å². The van der Waals surface area contributed by atoms with Gasteiger partial charge >= 0.3 is 0 Å². The minimum absolute atomic E-state index is 0.0392. The van der Waals surface area contributed by atoms with Crippen LogP contribution in [0.2, 0.25) is 0 Å². The molecule has 1 N–H and O–H groups in total. The highest BCUT2D eigenvalue weighted by atomic mass is 32.2. The van der Waals surface area contributed by atoms with E-state index in [1.807, 2.05) is 42.7 Å². The highest BCUT2D eigenvalue weighted by molar-refractivity contribution is 8.00. The molecule has 2 aromatic rings. The van der Waals surface area contributed by atoms with Gasteiger partial charge in [0.1, 0.15) is 0 Å². The van der Waals surface area contributed by atoms with E-state index in [9.17, 15) is 4.79 Å². The molecule has 0 spiro atoms. The molecule has 21 heavy (non-hydrogen) atoms. The first kappa shape index (κ1) is 15.5. The lowest BCUT2D eigenvalue weighted by atomic mass is 10.2. The van der Waals surface area contributed by atoms with Crippen molar-refractivity contribution in [3.05, 3.63) is 54.1 Å². The van der Waals surface area contributed by atoms with Gasteiger partial charge in [0, 0.05) is 15.5 Å². The van der Waals surface area contributed by atoms with E-state index in [1.54, 1.807) is 23.9 Å². The van der Waals surface area contributed by atoms with E-state index in [2.05, 4.69) is 11.4 Å². The van der Waals surface area contributed by atoms with Crippen LogP contribution in [0.5, 0.6) is 0 Å². The standard InChI is InChI=1S/C16H14N2OS2/c1-20-15-4-2-3-13(9-15)18-16(19)11-21-14-7-5-12(10-17)6-8-14/h2-9H,11H2,1H3,(H,18,19). The van der Waals surface area contributed by atoms with Gasteiger partial charge in [-0.3, -0.25) is 4.79 Å². The van der Waals surface area contributed by atoms with Crippen LogP contribution in [0, 0.1) is 11.3 Å². The van der Waals surface area contributed by atoms with Crippen LogP contribution in [0.4, 0.5) is 5.69 Å². The highest BCUT2D eigenvalue weighted by Crippen LogP contribution is 2.21. The summed E-state index contributed by atoms with van der Waals surface area (Å²) < 4.78 is 0. The maximum absolute atomic E-state index is 11.9. The minimum Gasteiger partial charge on any atom is -0.325 e. The minimum atomic E-state index is -0.0392. The van der Waals surface area contributed by atoms with Gasteiger partial charge in [0.25, 0.3) is 0 Å². The average molecular weight is 314 g/mol. The summed E-state index contributed by atoms with van der Waals surface area (Å²) in [5.41, 5.74) is 1.44. The lowest BCUT2D eigenvalue weighted by molar-refractivity contribution is -0.113. The number of nitrogens with zero attached hydrogens (tertiary/aromatic N) is 1. The molecular weight excluding hydrogens is 300 g/mol. The van der Waals surface area contributed by atoms with E-state index < -0.39 is 0 Å². The third-order valence-corrected chi connectivity index (χ3v) is 4.44. The Morgan fingerprint density at radius 1 is 1.19 bits per heavy atom. The molecule has 0 atom stereocenters. The SMILES string of the molecule is CSc1cccc(NC(=O)CSc2ccc(C#N)cc2)c1. The second kappa shape index (κ2) is 7.77. The van der Waals surface area contributed by atoms with Crippen LogP contribution in [-0.4, -0.2) is 17.9 Å². The van der Waals surface area contributed by atoms with Crippen LogP contribution in [-0.2, 0) is 4.79 Å². The molecule has 0 radical (unpaired) electrons. The van der Waals surface area contributed by atoms with Gasteiger partial charge in [-0.25, -0.2) is 0 Å². The first-order chi connectivity index (χ1) is 10.2. The Kier molecular flexibility index (Phi) is 5.73. The van der Waals surface area contributed by atoms with Crippen LogP contribution < -0.4 is 5.32 Å². The Morgan fingerprint density at radius 2 is 1.95 bits per heavy atom. The quantitative estimate of drug-likeness (QED) is 0.847. The number of carbonyl (C=O) groups excluding carboxylic acids is 1. The third-order valence-electron chi connectivity index (χ3n) is 2.71. The predicted octanol–water partition coefficient (Wildman–Crippen LogP) is 4.01. The van der Waals surface area contributed by atoms with Gasteiger partial charge in [0.05, 0.1) is 17.4 Å². The Balaban J connectivity index is 1.88. The summed E-state index contributed by atoms with van der Waals surface area (Å²) in [5, 5.41) is 11.6. The molecular formula is C16H14N2OS2. The third kappa shape index (κ3) is 4.85. The van der Waals surface area contributed by atoms with Gasteiger partial charge in [-0.15, -0.1) is 23.5 Å². The van der Waals surface area contributed by atoms with Crippen molar-refractivity contribution in [1.29, 1.82) is 5.26 Å². The van der Waals surface area contributed by atoms with Crippen molar-refractivity contribution in [2.45, 2.75) is 9.79 Å². The summed E-state index contributed by atoms with van der Waals surface area (Å²) in [7, 11) is 0. The molecule has 5 heteroatoms. The second-order valence-corrected chi connectivity index (χ2v) is 6.13. The molecule has 3 nitrogen and oxygen atoms in total. The molecule has 0 heterocycles. The van der Waals surface area contributed by atoms with Crippen LogP contribution in [0.25, 0.3) is 0 Å². The zero-order valence-corrected chi connectivity index (χ0v) is 13.1. The summed E-state index contributed by atoms with van der Waals surface area (Å²) in [6.45, 7) is 0.